The van der Waals surface area contributed by atoms with Crippen LogP contribution in [0.3, 0.4) is 0 Å². The van der Waals surface area contributed by atoms with Gasteiger partial charge >= 0.3 is 16.4 Å². The zero-order chi connectivity index (χ0) is 45.4. The van der Waals surface area contributed by atoms with Crippen molar-refractivity contribution in [3.8, 4) is 0 Å². The van der Waals surface area contributed by atoms with Gasteiger partial charge in [0.2, 0.25) is 0 Å². The first-order chi connectivity index (χ1) is 30.1. The second-order valence-corrected chi connectivity index (χ2v) is 18.8. The predicted octanol–water partition coefficient (Wildman–Crippen LogP) is 11.4. The average molecular weight is 907 g/mol. The van der Waals surface area contributed by atoms with Crippen LogP contribution in [0.25, 0.3) is 0 Å². The van der Waals surface area contributed by atoms with Crippen molar-refractivity contribution < 1.29 is 56.2 Å². The van der Waals surface area contributed by atoms with E-state index in [-0.39, 0.29) is 19.6 Å². The van der Waals surface area contributed by atoms with Crippen LogP contribution in [0, 0.1) is 0 Å². The summed E-state index contributed by atoms with van der Waals surface area (Å²) in [5.74, 6) is -0.399. The summed E-state index contributed by atoms with van der Waals surface area (Å²) < 4.78 is 59.1. The molecule has 0 aromatic rings. The molecule has 1 saturated heterocycles. The van der Waals surface area contributed by atoms with Gasteiger partial charge in [-0.25, -0.2) is 4.18 Å². The molecule has 0 aromatic carbocycles. The lowest BCUT2D eigenvalue weighted by Gasteiger charge is -2.41. The van der Waals surface area contributed by atoms with Gasteiger partial charge in [-0.2, -0.15) is 8.42 Å². The van der Waals surface area contributed by atoms with Gasteiger partial charge in [0.25, 0.3) is 0 Å². The molecule has 0 amide bonds. The third-order valence-corrected chi connectivity index (χ3v) is 12.4. The van der Waals surface area contributed by atoms with E-state index in [0.29, 0.717) is 13.0 Å². The van der Waals surface area contributed by atoms with Gasteiger partial charge in [0.1, 0.15) is 30.5 Å². The Labute approximate surface area is 379 Å². The topological polar surface area (TPSA) is 178 Å². The molecule has 12 nitrogen and oxygen atoms in total. The van der Waals surface area contributed by atoms with Crippen LogP contribution in [0.15, 0.2) is 12.2 Å². The van der Waals surface area contributed by atoms with Crippen LogP contribution in [0.1, 0.15) is 232 Å². The number of aliphatic hydroxyl groups is 3. The van der Waals surface area contributed by atoms with Gasteiger partial charge in [-0.3, -0.25) is 9.35 Å². The summed E-state index contributed by atoms with van der Waals surface area (Å²) in [4.78, 5) is 12.8. The number of ether oxygens (including phenoxy) is 4. The normalized spacial score (nSPS) is 20.0. The Morgan fingerprint density at radius 2 is 1.02 bits per heavy atom. The molecular weight excluding hydrogens is 813 g/mol. The second-order valence-electron chi connectivity index (χ2n) is 17.8. The molecule has 0 bridgehead atoms. The van der Waals surface area contributed by atoms with Crippen molar-refractivity contribution in [2.45, 2.75) is 269 Å². The molecule has 0 aliphatic carbocycles. The molecule has 0 radical (unpaired) electrons. The van der Waals surface area contributed by atoms with Crippen molar-refractivity contribution in [1.29, 1.82) is 0 Å². The van der Waals surface area contributed by atoms with Gasteiger partial charge in [0, 0.05) is 13.0 Å². The van der Waals surface area contributed by atoms with E-state index < -0.39 is 59.8 Å². The average Bonchev–Trinajstić information content (AvgIpc) is 3.24. The molecule has 1 rings (SSSR count). The van der Waals surface area contributed by atoms with E-state index in [4.69, 9.17) is 23.5 Å². The zero-order valence-corrected chi connectivity index (χ0v) is 40.3. The molecule has 4 N–H and O–H groups in total. The van der Waals surface area contributed by atoms with Crippen molar-refractivity contribution in [1.82, 2.24) is 0 Å². The summed E-state index contributed by atoms with van der Waals surface area (Å²) in [5, 5.41) is 30.6. The summed E-state index contributed by atoms with van der Waals surface area (Å²) in [7, 11) is -5.06. The first kappa shape index (κ1) is 58.9. The van der Waals surface area contributed by atoms with Crippen LogP contribution in [-0.2, 0) is 38.3 Å². The fourth-order valence-electron chi connectivity index (χ4n) is 8.02. The lowest BCUT2D eigenvalue weighted by Crippen LogP contribution is -2.60. The van der Waals surface area contributed by atoms with E-state index in [0.717, 1.165) is 38.5 Å². The highest BCUT2D eigenvalue weighted by Gasteiger charge is 2.48. The van der Waals surface area contributed by atoms with Crippen molar-refractivity contribution in [2.24, 2.45) is 0 Å². The minimum Gasteiger partial charge on any atom is -0.457 e. The van der Waals surface area contributed by atoms with Gasteiger partial charge in [0.15, 0.2) is 6.29 Å². The van der Waals surface area contributed by atoms with E-state index >= 15 is 0 Å². The highest BCUT2D eigenvalue weighted by atomic mass is 32.3. The minimum atomic E-state index is -5.06. The number of aliphatic hydroxyl groups excluding tert-OH is 3. The Morgan fingerprint density at radius 1 is 0.597 bits per heavy atom. The molecule has 1 fully saturated rings. The Morgan fingerprint density at radius 3 is 1.45 bits per heavy atom. The smallest absolute Gasteiger partial charge is 0.397 e. The number of hydrogen-bond donors (Lipinski definition) is 4. The third kappa shape index (κ3) is 34.2. The van der Waals surface area contributed by atoms with Gasteiger partial charge in [0.05, 0.1) is 19.8 Å². The molecule has 1 heterocycles. The highest BCUT2D eigenvalue weighted by molar-refractivity contribution is 7.80. The maximum Gasteiger partial charge on any atom is 0.397 e. The monoisotopic (exact) mass is 907 g/mol. The summed E-state index contributed by atoms with van der Waals surface area (Å²) in [5.41, 5.74) is 0. The van der Waals surface area contributed by atoms with Gasteiger partial charge < -0.3 is 34.3 Å². The largest absolute Gasteiger partial charge is 0.457 e. The molecule has 0 saturated carbocycles. The molecule has 1 aliphatic heterocycles. The lowest BCUT2D eigenvalue weighted by molar-refractivity contribution is -0.301. The van der Waals surface area contributed by atoms with Crippen molar-refractivity contribution in [3.63, 3.8) is 0 Å². The quantitative estimate of drug-likeness (QED) is 0.0197. The maximum absolute atomic E-state index is 12.8. The number of hydrogen-bond acceptors (Lipinski definition) is 11. The Hall–Kier alpha value is -1.16. The summed E-state index contributed by atoms with van der Waals surface area (Å²) >= 11 is 0. The van der Waals surface area contributed by atoms with E-state index in [1.165, 1.54) is 167 Å². The number of rotatable bonds is 45. The number of carbonyl (C=O) groups excluding carboxylic acids is 1. The fraction of sp³-hybridized carbons (Fsp3) is 0.939. The van der Waals surface area contributed by atoms with E-state index in [2.05, 4.69) is 30.2 Å². The minimum absolute atomic E-state index is 0.0418. The predicted molar refractivity (Wildman–Crippen MR) is 248 cm³/mol. The van der Waals surface area contributed by atoms with E-state index in [9.17, 15) is 28.5 Å². The molecule has 0 aromatic heterocycles. The molecule has 62 heavy (non-hydrogen) atoms. The Balaban J connectivity index is 2.23. The lowest BCUT2D eigenvalue weighted by atomic mass is 9.99. The number of unbranched alkanes of at least 4 members (excludes halogenated alkanes) is 30. The molecule has 0 spiro atoms. The molecule has 6 unspecified atom stereocenters. The van der Waals surface area contributed by atoms with Crippen LogP contribution in [-0.4, -0.2) is 97.5 Å². The van der Waals surface area contributed by atoms with Crippen LogP contribution in [0.2, 0.25) is 0 Å². The summed E-state index contributed by atoms with van der Waals surface area (Å²) in [6, 6.07) is 0. The maximum atomic E-state index is 12.8. The van der Waals surface area contributed by atoms with Crippen LogP contribution in [0.5, 0.6) is 0 Å². The molecule has 368 valence electrons. The number of carbonyl (C=O) groups is 1. The SMILES string of the molecule is CCCCCCCCCC/C=C\CCCCCCCCCCCCCCCCOCC(COC1OC(CO)C(O)C(OS(=O)(=O)O)C1O)OC(=O)CCCCCCCCCCC. The van der Waals surface area contributed by atoms with Crippen molar-refractivity contribution in [3.05, 3.63) is 12.2 Å². The first-order valence-electron chi connectivity index (χ1n) is 25.4. The molecule has 6 atom stereocenters. The molecule has 13 heteroatoms. The van der Waals surface area contributed by atoms with E-state index in [1.807, 2.05) is 0 Å². The second kappa shape index (κ2) is 41.3. The van der Waals surface area contributed by atoms with Crippen LogP contribution < -0.4 is 0 Å². The molecular formula is C49H94O12S. The summed E-state index contributed by atoms with van der Waals surface area (Å²) in [6.45, 7) is 4.00. The van der Waals surface area contributed by atoms with Gasteiger partial charge in [-0.15, -0.1) is 0 Å². The first-order valence-corrected chi connectivity index (χ1v) is 26.8. The van der Waals surface area contributed by atoms with Gasteiger partial charge in [-0.05, 0) is 38.5 Å². The van der Waals surface area contributed by atoms with E-state index in [1.54, 1.807) is 0 Å². The van der Waals surface area contributed by atoms with Gasteiger partial charge in [-0.1, -0.05) is 199 Å². The Bertz CT molecular complexity index is 1140. The van der Waals surface area contributed by atoms with Crippen molar-refractivity contribution in [2.75, 3.05) is 26.4 Å². The Kier molecular flexibility index (Phi) is 39.2. The number of allylic oxidation sites excluding steroid dienone is 2. The molecule has 1 aliphatic rings. The van der Waals surface area contributed by atoms with Crippen molar-refractivity contribution >= 4 is 16.4 Å². The number of esters is 1. The van der Waals surface area contributed by atoms with Crippen LogP contribution in [0.4, 0.5) is 0 Å². The summed E-state index contributed by atoms with van der Waals surface area (Å²) in [6.07, 6.45) is 37.1. The zero-order valence-electron chi connectivity index (χ0n) is 39.5. The third-order valence-electron chi connectivity index (χ3n) is 11.9. The standard InChI is InChI=1S/C49H94O12S/c1-3-5-7-9-11-13-14-15-16-17-18-19-20-21-22-23-24-25-26-27-28-29-31-33-35-37-39-57-41-43(59-45(51)38-36-34-32-30-12-10-8-6-4-2)42-58-49-47(53)48(61-62(54,55)56)46(52)44(40-50)60-49/h17-18,43-44,46-50,52-53H,3-16,19-42H2,1-2H3,(H,54,55,56)/b18-17-. The highest BCUT2D eigenvalue weighted by Crippen LogP contribution is 2.26. The fourth-order valence-corrected chi connectivity index (χ4v) is 8.53. The van der Waals surface area contributed by atoms with Crippen LogP contribution >= 0.6 is 0 Å².